The molecule has 2 fully saturated rings. The Morgan fingerprint density at radius 2 is 1.26 bits per heavy atom. The lowest BCUT2D eigenvalue weighted by Crippen LogP contribution is -2.65. The first-order valence-corrected chi connectivity index (χ1v) is 15.9. The molecule has 208 valence electrons. The average Bonchev–Trinajstić information content (AvgIpc) is 2.82. The monoisotopic (exact) mass is 493 g/mol. The van der Waals surface area contributed by atoms with Gasteiger partial charge in [0.15, 0.2) is 0 Å². The molecular formula is C31H64N4. The molecule has 2 atom stereocenters. The van der Waals surface area contributed by atoms with Crippen LogP contribution in [0, 0.1) is 11.8 Å². The highest BCUT2D eigenvalue weighted by molar-refractivity contribution is 4.94. The zero-order valence-electron chi connectivity index (χ0n) is 24.7. The summed E-state index contributed by atoms with van der Waals surface area (Å²) in [5, 5.41) is 7.96. The molecule has 1 saturated carbocycles. The largest absolute Gasteiger partial charge is 0.313 e. The highest BCUT2D eigenvalue weighted by atomic mass is 15.4. The Bertz CT molecular complexity index is 476. The van der Waals surface area contributed by atoms with Gasteiger partial charge in [-0.3, -0.25) is 9.80 Å². The molecule has 2 N–H and O–H groups in total. The van der Waals surface area contributed by atoms with Crippen LogP contribution in [0.5, 0.6) is 0 Å². The molecular weight excluding hydrogens is 428 g/mol. The van der Waals surface area contributed by atoms with E-state index < -0.39 is 0 Å². The predicted molar refractivity (Wildman–Crippen MR) is 155 cm³/mol. The van der Waals surface area contributed by atoms with Crippen LogP contribution in [0.2, 0.25) is 0 Å². The molecule has 1 aliphatic carbocycles. The molecule has 2 rings (SSSR count). The van der Waals surface area contributed by atoms with Crippen LogP contribution in [-0.4, -0.2) is 67.3 Å². The summed E-state index contributed by atoms with van der Waals surface area (Å²) in [6, 6.07) is 0.747. The number of hydrogen-bond donors (Lipinski definition) is 2. The minimum Gasteiger partial charge on any atom is -0.313 e. The Hall–Kier alpha value is -0.160. The maximum absolute atomic E-state index is 4.05. The fourth-order valence-electron chi connectivity index (χ4n) is 6.64. The first-order valence-electron chi connectivity index (χ1n) is 15.9. The van der Waals surface area contributed by atoms with Gasteiger partial charge in [0.25, 0.3) is 0 Å². The van der Waals surface area contributed by atoms with E-state index in [9.17, 15) is 0 Å². The van der Waals surface area contributed by atoms with Gasteiger partial charge in [-0.1, -0.05) is 98.3 Å². The van der Waals surface area contributed by atoms with E-state index in [4.69, 9.17) is 0 Å². The molecule has 2 unspecified atom stereocenters. The Labute approximate surface area is 220 Å². The quantitative estimate of drug-likeness (QED) is 0.213. The Kier molecular flexibility index (Phi) is 16.1. The second kappa shape index (κ2) is 18.2. The summed E-state index contributed by atoms with van der Waals surface area (Å²) >= 11 is 0. The van der Waals surface area contributed by atoms with Crippen LogP contribution < -0.4 is 10.6 Å². The molecule has 0 spiro atoms. The predicted octanol–water partition coefficient (Wildman–Crippen LogP) is 7.05. The van der Waals surface area contributed by atoms with Gasteiger partial charge >= 0.3 is 0 Å². The Morgan fingerprint density at radius 1 is 0.743 bits per heavy atom. The van der Waals surface area contributed by atoms with E-state index in [0.717, 1.165) is 31.0 Å². The van der Waals surface area contributed by atoms with E-state index in [0.29, 0.717) is 0 Å². The Morgan fingerprint density at radius 3 is 1.74 bits per heavy atom. The van der Waals surface area contributed by atoms with Gasteiger partial charge in [0, 0.05) is 50.8 Å². The normalized spacial score (nSPS) is 25.3. The molecule has 0 aromatic carbocycles. The zero-order valence-corrected chi connectivity index (χ0v) is 24.7. The van der Waals surface area contributed by atoms with Gasteiger partial charge in [-0.25, -0.2) is 0 Å². The fraction of sp³-hybridized carbons (Fsp3) is 1.00. The van der Waals surface area contributed by atoms with Crippen LogP contribution in [0.4, 0.5) is 0 Å². The summed E-state index contributed by atoms with van der Waals surface area (Å²) in [5.74, 6) is 1.70. The molecule has 4 nitrogen and oxygen atoms in total. The molecule has 0 bridgehead atoms. The van der Waals surface area contributed by atoms with Crippen LogP contribution in [0.25, 0.3) is 0 Å². The van der Waals surface area contributed by atoms with Crippen molar-refractivity contribution in [2.24, 2.45) is 11.8 Å². The number of nitrogens with zero attached hydrogens (tertiary/aromatic N) is 2. The minimum atomic E-state index is 0.187. The lowest BCUT2D eigenvalue weighted by Gasteiger charge is -2.48. The fourth-order valence-corrected chi connectivity index (χ4v) is 6.64. The van der Waals surface area contributed by atoms with Gasteiger partial charge in [0.2, 0.25) is 0 Å². The van der Waals surface area contributed by atoms with Gasteiger partial charge in [0.05, 0.1) is 6.67 Å². The van der Waals surface area contributed by atoms with Crippen LogP contribution in [-0.2, 0) is 0 Å². The van der Waals surface area contributed by atoms with E-state index in [1.165, 1.54) is 129 Å². The summed E-state index contributed by atoms with van der Waals surface area (Å²) in [6.45, 7) is 20.3. The molecule has 0 aromatic heterocycles. The van der Waals surface area contributed by atoms with E-state index in [-0.39, 0.29) is 5.54 Å². The van der Waals surface area contributed by atoms with Gasteiger partial charge in [-0.2, -0.15) is 0 Å². The van der Waals surface area contributed by atoms with Crippen molar-refractivity contribution < 1.29 is 0 Å². The second-order valence-electron chi connectivity index (χ2n) is 12.5. The van der Waals surface area contributed by atoms with Crippen LogP contribution in [0.1, 0.15) is 131 Å². The average molecular weight is 493 g/mol. The van der Waals surface area contributed by atoms with E-state index in [2.05, 4.69) is 55.1 Å². The summed E-state index contributed by atoms with van der Waals surface area (Å²) < 4.78 is 0. The number of unbranched alkanes of at least 4 members (excludes halogenated alkanes) is 2. The van der Waals surface area contributed by atoms with Crippen molar-refractivity contribution in [1.29, 1.82) is 0 Å². The highest BCUT2D eigenvalue weighted by Crippen LogP contribution is 2.24. The van der Waals surface area contributed by atoms with Crippen LogP contribution >= 0.6 is 0 Å². The van der Waals surface area contributed by atoms with Crippen molar-refractivity contribution in [1.82, 2.24) is 20.4 Å². The summed E-state index contributed by atoms with van der Waals surface area (Å²) in [5.41, 5.74) is 0.187. The second-order valence-corrected chi connectivity index (χ2v) is 12.5. The third-order valence-electron chi connectivity index (χ3n) is 8.88. The molecule has 0 radical (unpaired) electrons. The van der Waals surface area contributed by atoms with Gasteiger partial charge in [0.1, 0.15) is 0 Å². The van der Waals surface area contributed by atoms with Crippen molar-refractivity contribution in [3.63, 3.8) is 0 Å². The van der Waals surface area contributed by atoms with E-state index in [1.54, 1.807) is 0 Å². The molecule has 1 heterocycles. The topological polar surface area (TPSA) is 30.5 Å². The molecule has 35 heavy (non-hydrogen) atoms. The van der Waals surface area contributed by atoms with Gasteiger partial charge < -0.3 is 10.6 Å². The van der Waals surface area contributed by atoms with Crippen molar-refractivity contribution in [2.75, 3.05) is 45.9 Å². The Balaban J connectivity index is 1.92. The van der Waals surface area contributed by atoms with Gasteiger partial charge in [-0.15, -0.1) is 0 Å². The standard InChI is InChI=1S/C31H64N4/c1-6-10-17-28(8-3)23-34-25-31(5,26-35(27-34)24-29(9-4)18-11-7-2)33-22-21-32-30-19-15-13-12-14-16-20-30/h28-30,32-33H,6-27H2,1-5H3. The molecule has 0 aromatic rings. The number of hydrogen-bond acceptors (Lipinski definition) is 4. The highest BCUT2D eigenvalue weighted by Gasteiger charge is 2.35. The van der Waals surface area contributed by atoms with Crippen molar-refractivity contribution >= 4 is 0 Å². The molecule has 1 saturated heterocycles. The van der Waals surface area contributed by atoms with Gasteiger partial charge in [-0.05, 0) is 44.4 Å². The lowest BCUT2D eigenvalue weighted by atomic mass is 9.93. The van der Waals surface area contributed by atoms with E-state index in [1.807, 2.05) is 0 Å². The number of nitrogens with one attached hydrogen (secondary N) is 2. The van der Waals surface area contributed by atoms with Crippen LogP contribution in [0.3, 0.4) is 0 Å². The maximum Gasteiger partial charge on any atom is 0.0507 e. The van der Waals surface area contributed by atoms with Crippen molar-refractivity contribution in [2.45, 2.75) is 143 Å². The summed E-state index contributed by atoms with van der Waals surface area (Å²) in [6.07, 6.45) is 20.8. The third-order valence-corrected chi connectivity index (χ3v) is 8.88. The first kappa shape index (κ1) is 31.1. The van der Waals surface area contributed by atoms with E-state index >= 15 is 0 Å². The summed E-state index contributed by atoms with van der Waals surface area (Å²) in [4.78, 5) is 5.60. The minimum absolute atomic E-state index is 0.187. The third kappa shape index (κ3) is 12.8. The molecule has 4 heteroatoms. The zero-order chi connectivity index (χ0) is 25.4. The maximum atomic E-state index is 4.05. The first-order chi connectivity index (χ1) is 17.0. The molecule has 1 aliphatic heterocycles. The SMILES string of the molecule is CCCCC(CC)CN1CN(CC(CC)CCCC)CC(C)(NCCNC2CCCCCCC2)C1. The molecule has 2 aliphatic rings. The molecule has 0 amide bonds. The van der Waals surface area contributed by atoms with Crippen molar-refractivity contribution in [3.8, 4) is 0 Å². The number of rotatable bonds is 17. The lowest BCUT2D eigenvalue weighted by molar-refractivity contribution is 0.00513. The smallest absolute Gasteiger partial charge is 0.0507 e. The summed E-state index contributed by atoms with van der Waals surface area (Å²) in [7, 11) is 0. The van der Waals surface area contributed by atoms with Crippen LogP contribution in [0.15, 0.2) is 0 Å². The van der Waals surface area contributed by atoms with Crippen molar-refractivity contribution in [3.05, 3.63) is 0 Å².